The van der Waals surface area contributed by atoms with E-state index < -0.39 is 0 Å². The van der Waals surface area contributed by atoms with Crippen LogP contribution in [-0.2, 0) is 4.74 Å². The number of rotatable bonds is 2. The molecule has 4 bridgehead atoms. The van der Waals surface area contributed by atoms with E-state index in [0.29, 0.717) is 11.5 Å². The third-order valence-corrected chi connectivity index (χ3v) is 7.02. The number of morpholine rings is 1. The van der Waals surface area contributed by atoms with Crippen LogP contribution in [0.4, 0.5) is 0 Å². The zero-order chi connectivity index (χ0) is 14.4. The molecule has 5 fully saturated rings. The summed E-state index contributed by atoms with van der Waals surface area (Å²) in [5.74, 6) is 3.03. The van der Waals surface area contributed by atoms with E-state index in [1.165, 1.54) is 38.5 Å². The zero-order valence-electron chi connectivity index (χ0n) is 13.1. The highest BCUT2D eigenvalue weighted by Gasteiger charge is 2.53. The van der Waals surface area contributed by atoms with Gasteiger partial charge in [-0.2, -0.15) is 0 Å². The van der Waals surface area contributed by atoms with Gasteiger partial charge in [-0.3, -0.25) is 0 Å². The molecule has 4 aliphatic carbocycles. The van der Waals surface area contributed by atoms with Crippen molar-refractivity contribution in [1.29, 1.82) is 0 Å². The summed E-state index contributed by atoms with van der Waals surface area (Å²) < 4.78 is 5.43. The van der Waals surface area contributed by atoms with Crippen LogP contribution in [-0.4, -0.2) is 42.4 Å². The molecule has 3 nitrogen and oxygen atoms in total. The maximum Gasteiger partial charge on any atom is 0.169 e. The Hall–Kier alpha value is -0.350. The Bertz CT molecular complexity index is 384. The van der Waals surface area contributed by atoms with Crippen LogP contribution in [0.5, 0.6) is 0 Å². The molecule has 1 saturated heterocycles. The van der Waals surface area contributed by atoms with Gasteiger partial charge in [0.05, 0.1) is 13.2 Å². The molecule has 4 heteroatoms. The van der Waals surface area contributed by atoms with E-state index in [-0.39, 0.29) is 0 Å². The summed E-state index contributed by atoms with van der Waals surface area (Å²) >= 11 is 5.66. The molecule has 1 aliphatic heterocycles. The predicted molar refractivity (Wildman–Crippen MR) is 88.2 cm³/mol. The first-order valence-corrected chi connectivity index (χ1v) is 9.19. The van der Waals surface area contributed by atoms with Gasteiger partial charge in [-0.25, -0.2) is 0 Å². The van der Waals surface area contributed by atoms with E-state index in [4.69, 9.17) is 17.0 Å². The largest absolute Gasteiger partial charge is 0.378 e. The molecule has 5 aliphatic rings. The Kier molecular flexibility index (Phi) is 3.65. The Morgan fingerprint density at radius 3 is 2.14 bits per heavy atom. The maximum absolute atomic E-state index is 5.66. The van der Waals surface area contributed by atoms with E-state index in [0.717, 1.165) is 49.2 Å². The van der Waals surface area contributed by atoms with E-state index in [2.05, 4.69) is 17.1 Å². The van der Waals surface area contributed by atoms with Crippen molar-refractivity contribution in [3.8, 4) is 0 Å². The van der Waals surface area contributed by atoms with Crippen LogP contribution in [0.25, 0.3) is 0 Å². The van der Waals surface area contributed by atoms with Crippen LogP contribution < -0.4 is 5.32 Å². The Labute approximate surface area is 133 Å². The average Bonchev–Trinajstić information content (AvgIpc) is 2.46. The van der Waals surface area contributed by atoms with Crippen LogP contribution >= 0.6 is 12.2 Å². The lowest BCUT2D eigenvalue weighted by Crippen LogP contribution is -2.58. The summed E-state index contributed by atoms with van der Waals surface area (Å²) in [5, 5.41) is 4.67. The minimum absolute atomic E-state index is 0.529. The van der Waals surface area contributed by atoms with E-state index >= 15 is 0 Å². The molecule has 0 spiro atoms. The van der Waals surface area contributed by atoms with Gasteiger partial charge in [0.25, 0.3) is 0 Å². The fraction of sp³-hybridized carbons (Fsp3) is 0.941. The summed E-state index contributed by atoms with van der Waals surface area (Å²) in [5.41, 5.74) is 0.533. The number of nitrogens with zero attached hydrogens (tertiary/aromatic N) is 1. The molecule has 0 aromatic rings. The molecule has 4 saturated carbocycles. The van der Waals surface area contributed by atoms with Crippen LogP contribution in [0.2, 0.25) is 0 Å². The van der Waals surface area contributed by atoms with Gasteiger partial charge in [0.15, 0.2) is 5.11 Å². The molecular weight excluding hydrogens is 280 g/mol. The maximum atomic E-state index is 5.66. The van der Waals surface area contributed by atoms with Crippen molar-refractivity contribution in [1.82, 2.24) is 10.2 Å². The van der Waals surface area contributed by atoms with Gasteiger partial charge in [-0.15, -0.1) is 0 Å². The van der Waals surface area contributed by atoms with Gasteiger partial charge in [0.2, 0.25) is 0 Å². The molecule has 0 unspecified atom stereocenters. The summed E-state index contributed by atoms with van der Waals surface area (Å²) in [6, 6.07) is 0.529. The number of ether oxygens (including phenoxy) is 1. The zero-order valence-corrected chi connectivity index (χ0v) is 14.0. The third kappa shape index (κ3) is 2.59. The van der Waals surface area contributed by atoms with Crippen LogP contribution in [0.15, 0.2) is 0 Å². The van der Waals surface area contributed by atoms with Crippen molar-refractivity contribution in [3.05, 3.63) is 0 Å². The standard InChI is InChI=1S/C17H28N2OS/c1-12(18-16(21)19-2-4-20-5-3-19)17-9-13-6-14(10-17)8-15(7-13)11-17/h12-15H,2-11H2,1H3,(H,18,21)/t12-,13?,14?,15?,17?/m0/s1. The third-order valence-electron chi connectivity index (χ3n) is 6.64. The van der Waals surface area contributed by atoms with Crippen molar-refractivity contribution in [2.45, 2.75) is 51.5 Å². The molecule has 0 aromatic carbocycles. The lowest BCUT2D eigenvalue weighted by Gasteiger charge is -2.59. The minimum Gasteiger partial charge on any atom is -0.378 e. The van der Waals surface area contributed by atoms with Crippen molar-refractivity contribution >= 4 is 17.3 Å². The van der Waals surface area contributed by atoms with Gasteiger partial charge >= 0.3 is 0 Å². The van der Waals surface area contributed by atoms with Gasteiger partial charge in [-0.1, -0.05) is 0 Å². The molecular formula is C17H28N2OS. The van der Waals surface area contributed by atoms with Crippen molar-refractivity contribution in [2.24, 2.45) is 23.2 Å². The topological polar surface area (TPSA) is 24.5 Å². The average molecular weight is 308 g/mol. The van der Waals surface area contributed by atoms with Crippen LogP contribution in [0.3, 0.4) is 0 Å². The van der Waals surface area contributed by atoms with Crippen LogP contribution in [0.1, 0.15) is 45.4 Å². The quantitative estimate of drug-likeness (QED) is 0.793. The van der Waals surface area contributed by atoms with Crippen molar-refractivity contribution < 1.29 is 4.74 Å². The molecule has 5 rings (SSSR count). The molecule has 21 heavy (non-hydrogen) atoms. The van der Waals surface area contributed by atoms with Gasteiger partial charge in [0.1, 0.15) is 0 Å². The van der Waals surface area contributed by atoms with Crippen molar-refractivity contribution in [2.75, 3.05) is 26.3 Å². The highest BCUT2D eigenvalue weighted by molar-refractivity contribution is 7.80. The second-order valence-electron chi connectivity index (χ2n) is 8.05. The van der Waals surface area contributed by atoms with Crippen LogP contribution in [0, 0.1) is 23.2 Å². The first-order chi connectivity index (χ1) is 10.1. The summed E-state index contributed by atoms with van der Waals surface area (Å²) in [7, 11) is 0. The SMILES string of the molecule is C[C@H](NC(=S)N1CCOCC1)C12CC3CC(CC(C3)C1)C2. The molecule has 0 radical (unpaired) electrons. The molecule has 0 aromatic heterocycles. The highest BCUT2D eigenvalue weighted by atomic mass is 32.1. The number of hydrogen-bond acceptors (Lipinski definition) is 2. The smallest absolute Gasteiger partial charge is 0.169 e. The summed E-state index contributed by atoms with van der Waals surface area (Å²) in [6.07, 6.45) is 8.87. The van der Waals surface area contributed by atoms with E-state index in [1.54, 1.807) is 0 Å². The van der Waals surface area contributed by atoms with E-state index in [1.807, 2.05) is 0 Å². The summed E-state index contributed by atoms with van der Waals surface area (Å²) in [6.45, 7) is 5.90. The Morgan fingerprint density at radius 1 is 1.10 bits per heavy atom. The number of nitrogens with one attached hydrogen (secondary N) is 1. The molecule has 118 valence electrons. The first-order valence-electron chi connectivity index (χ1n) is 8.78. The lowest BCUT2D eigenvalue weighted by molar-refractivity contribution is -0.0677. The molecule has 1 heterocycles. The number of hydrogen-bond donors (Lipinski definition) is 1. The predicted octanol–water partition coefficient (Wildman–Crippen LogP) is 2.80. The van der Waals surface area contributed by atoms with Gasteiger partial charge < -0.3 is 15.0 Å². The Balaban J connectivity index is 1.42. The molecule has 1 N–H and O–H groups in total. The molecule has 1 atom stereocenters. The second-order valence-corrected chi connectivity index (χ2v) is 8.44. The van der Waals surface area contributed by atoms with Gasteiger partial charge in [0, 0.05) is 19.1 Å². The van der Waals surface area contributed by atoms with Gasteiger partial charge in [-0.05, 0) is 80.8 Å². The van der Waals surface area contributed by atoms with E-state index in [9.17, 15) is 0 Å². The molecule has 0 amide bonds. The number of thiocarbonyl (C=S) groups is 1. The monoisotopic (exact) mass is 308 g/mol. The summed E-state index contributed by atoms with van der Waals surface area (Å²) in [4.78, 5) is 2.29. The van der Waals surface area contributed by atoms with Crippen molar-refractivity contribution in [3.63, 3.8) is 0 Å². The lowest BCUT2D eigenvalue weighted by atomic mass is 9.48. The normalized spacial score (nSPS) is 42.9. The second kappa shape index (κ2) is 5.38. The minimum atomic E-state index is 0.529. The first kappa shape index (κ1) is 14.3. The fourth-order valence-corrected chi connectivity index (χ4v) is 6.26. The highest BCUT2D eigenvalue weighted by Crippen LogP contribution is 2.61. The fourth-order valence-electron chi connectivity index (χ4n) is 5.90. The Morgan fingerprint density at radius 2 is 1.62 bits per heavy atom.